The van der Waals surface area contributed by atoms with E-state index in [-0.39, 0.29) is 11.7 Å². The predicted molar refractivity (Wildman–Crippen MR) is 83.7 cm³/mol. The number of aromatic amines is 1. The van der Waals surface area contributed by atoms with Crippen LogP contribution >= 0.6 is 11.8 Å². The number of H-pyrrole nitrogens is 1. The molecule has 1 aromatic heterocycles. The zero-order valence-electron chi connectivity index (χ0n) is 12.4. The molecule has 0 unspecified atom stereocenters. The molecular weight excluding hydrogens is 288 g/mol. The topological polar surface area (TPSA) is 85.9 Å². The minimum Gasteiger partial charge on any atom is -0.496 e. The molecule has 0 aliphatic carbocycles. The summed E-state index contributed by atoms with van der Waals surface area (Å²) in [5.74, 6) is 1.47. The second kappa shape index (κ2) is 6.82. The standard InChI is InChI=1S/C14H20N4O2S/c1-9(2)18-13(19)16-17-14(18)21-8-11-6-10(7-15)4-5-12(11)20-3/h4-6,9H,7-8,15H2,1-3H3,(H,16,19). The fraction of sp³-hybridized carbons (Fsp3) is 0.429. The molecule has 6 nitrogen and oxygen atoms in total. The lowest BCUT2D eigenvalue weighted by Gasteiger charge is -2.11. The van der Waals surface area contributed by atoms with Gasteiger partial charge in [0.25, 0.3) is 0 Å². The first-order chi connectivity index (χ1) is 10.1. The summed E-state index contributed by atoms with van der Waals surface area (Å²) in [5, 5.41) is 7.24. The van der Waals surface area contributed by atoms with Gasteiger partial charge in [-0.05, 0) is 31.5 Å². The van der Waals surface area contributed by atoms with Crippen molar-refractivity contribution in [3.63, 3.8) is 0 Å². The molecule has 7 heteroatoms. The summed E-state index contributed by atoms with van der Waals surface area (Å²) in [6.45, 7) is 4.40. The van der Waals surface area contributed by atoms with Gasteiger partial charge in [0.2, 0.25) is 0 Å². The van der Waals surface area contributed by atoms with Gasteiger partial charge in [0.05, 0.1) is 7.11 Å². The van der Waals surface area contributed by atoms with Gasteiger partial charge in [-0.2, -0.15) is 0 Å². The molecule has 0 saturated heterocycles. The number of aromatic nitrogens is 3. The predicted octanol–water partition coefficient (Wildman–Crippen LogP) is 1.91. The van der Waals surface area contributed by atoms with Crippen molar-refractivity contribution >= 4 is 11.8 Å². The van der Waals surface area contributed by atoms with Crippen LogP contribution in [-0.2, 0) is 12.3 Å². The van der Waals surface area contributed by atoms with E-state index < -0.39 is 0 Å². The third-order valence-electron chi connectivity index (χ3n) is 3.13. The highest BCUT2D eigenvalue weighted by Crippen LogP contribution is 2.28. The van der Waals surface area contributed by atoms with Crippen LogP contribution in [0.3, 0.4) is 0 Å². The quantitative estimate of drug-likeness (QED) is 0.796. The van der Waals surface area contributed by atoms with E-state index in [1.807, 2.05) is 32.0 Å². The molecule has 21 heavy (non-hydrogen) atoms. The van der Waals surface area contributed by atoms with Gasteiger partial charge in [0, 0.05) is 23.9 Å². The largest absolute Gasteiger partial charge is 0.496 e. The highest BCUT2D eigenvalue weighted by molar-refractivity contribution is 7.98. The molecular formula is C14H20N4O2S. The first kappa shape index (κ1) is 15.7. The smallest absolute Gasteiger partial charge is 0.344 e. The van der Waals surface area contributed by atoms with Crippen LogP contribution in [0.5, 0.6) is 5.75 Å². The minimum atomic E-state index is -0.185. The van der Waals surface area contributed by atoms with E-state index in [1.165, 1.54) is 11.8 Å². The first-order valence-electron chi connectivity index (χ1n) is 6.72. The Hall–Kier alpha value is -1.73. The second-order valence-corrected chi connectivity index (χ2v) is 5.86. The van der Waals surface area contributed by atoms with Crippen molar-refractivity contribution in [2.75, 3.05) is 7.11 Å². The molecule has 0 fully saturated rings. The number of ether oxygens (including phenoxy) is 1. The van der Waals surface area contributed by atoms with Crippen molar-refractivity contribution in [2.24, 2.45) is 5.73 Å². The van der Waals surface area contributed by atoms with E-state index in [9.17, 15) is 4.79 Å². The van der Waals surface area contributed by atoms with Crippen LogP contribution < -0.4 is 16.2 Å². The van der Waals surface area contributed by atoms with Gasteiger partial charge in [-0.1, -0.05) is 17.8 Å². The maximum absolute atomic E-state index is 11.7. The number of nitrogens with one attached hydrogen (secondary N) is 1. The van der Waals surface area contributed by atoms with Crippen molar-refractivity contribution in [3.05, 3.63) is 39.8 Å². The molecule has 2 aromatic rings. The zero-order valence-corrected chi connectivity index (χ0v) is 13.2. The van der Waals surface area contributed by atoms with Crippen molar-refractivity contribution < 1.29 is 4.74 Å². The first-order valence-corrected chi connectivity index (χ1v) is 7.71. The Kier molecular flexibility index (Phi) is 5.08. The summed E-state index contributed by atoms with van der Waals surface area (Å²) in [4.78, 5) is 11.7. The van der Waals surface area contributed by atoms with Gasteiger partial charge in [-0.25, -0.2) is 9.89 Å². The molecule has 0 radical (unpaired) electrons. The number of thioether (sulfide) groups is 1. The lowest BCUT2D eigenvalue weighted by molar-refractivity contribution is 0.411. The Morgan fingerprint density at radius 2 is 2.24 bits per heavy atom. The number of rotatable bonds is 6. The molecule has 3 N–H and O–H groups in total. The van der Waals surface area contributed by atoms with Gasteiger partial charge in [0.15, 0.2) is 5.16 Å². The average Bonchev–Trinajstić information content (AvgIpc) is 2.85. The monoisotopic (exact) mass is 308 g/mol. The van der Waals surface area contributed by atoms with Gasteiger partial charge in [0.1, 0.15) is 5.75 Å². The number of nitrogens with zero attached hydrogens (tertiary/aromatic N) is 2. The highest BCUT2D eigenvalue weighted by Gasteiger charge is 2.13. The summed E-state index contributed by atoms with van der Waals surface area (Å²) in [5.41, 5.74) is 7.58. The van der Waals surface area contributed by atoms with Gasteiger partial charge in [-0.3, -0.25) is 4.57 Å². The molecule has 0 amide bonds. The number of methoxy groups -OCH3 is 1. The molecule has 1 heterocycles. The molecule has 0 saturated carbocycles. The van der Waals surface area contributed by atoms with Crippen LogP contribution in [0.1, 0.15) is 31.0 Å². The van der Waals surface area contributed by atoms with Crippen molar-refractivity contribution in [1.82, 2.24) is 14.8 Å². The Balaban J connectivity index is 2.22. The third kappa shape index (κ3) is 3.48. The summed E-state index contributed by atoms with van der Waals surface area (Å²) in [6.07, 6.45) is 0. The third-order valence-corrected chi connectivity index (χ3v) is 4.13. The van der Waals surface area contributed by atoms with Crippen molar-refractivity contribution in [3.8, 4) is 5.75 Å². The van der Waals surface area contributed by atoms with Crippen LogP contribution in [0.25, 0.3) is 0 Å². The summed E-state index contributed by atoms with van der Waals surface area (Å²) in [6, 6.07) is 5.95. The Morgan fingerprint density at radius 1 is 1.48 bits per heavy atom. The lowest BCUT2D eigenvalue weighted by Crippen LogP contribution is -2.19. The fourth-order valence-electron chi connectivity index (χ4n) is 2.06. The van der Waals surface area contributed by atoms with Gasteiger partial charge < -0.3 is 10.5 Å². The molecule has 0 atom stereocenters. The maximum Gasteiger partial charge on any atom is 0.344 e. The number of hydrogen-bond acceptors (Lipinski definition) is 5. The Labute approximate surface area is 127 Å². The van der Waals surface area contributed by atoms with E-state index >= 15 is 0 Å². The molecule has 0 bridgehead atoms. The lowest BCUT2D eigenvalue weighted by atomic mass is 10.1. The SMILES string of the molecule is COc1ccc(CN)cc1CSc1n[nH]c(=O)n1C(C)C. The molecule has 0 aliphatic rings. The van der Waals surface area contributed by atoms with E-state index in [1.54, 1.807) is 11.7 Å². The normalized spacial score (nSPS) is 11.1. The van der Waals surface area contributed by atoms with Crippen molar-refractivity contribution in [2.45, 2.75) is 37.3 Å². The summed E-state index contributed by atoms with van der Waals surface area (Å²) >= 11 is 1.50. The maximum atomic E-state index is 11.7. The number of hydrogen-bond donors (Lipinski definition) is 2. The highest BCUT2D eigenvalue weighted by atomic mass is 32.2. The Bertz CT molecular complexity index is 663. The van der Waals surface area contributed by atoms with Crippen LogP contribution in [0.15, 0.2) is 28.2 Å². The average molecular weight is 308 g/mol. The zero-order chi connectivity index (χ0) is 15.4. The minimum absolute atomic E-state index is 0.0658. The van der Waals surface area contributed by atoms with Crippen molar-refractivity contribution in [1.29, 1.82) is 0 Å². The Morgan fingerprint density at radius 3 is 2.86 bits per heavy atom. The summed E-state index contributed by atoms with van der Waals surface area (Å²) < 4.78 is 7.01. The van der Waals surface area contributed by atoms with Crippen LogP contribution in [0.4, 0.5) is 0 Å². The van der Waals surface area contributed by atoms with Gasteiger partial charge >= 0.3 is 5.69 Å². The van der Waals surface area contributed by atoms with E-state index in [0.29, 0.717) is 17.5 Å². The van der Waals surface area contributed by atoms with E-state index in [0.717, 1.165) is 16.9 Å². The molecule has 2 rings (SSSR count). The molecule has 0 aliphatic heterocycles. The number of benzene rings is 1. The fourth-order valence-corrected chi connectivity index (χ4v) is 3.11. The molecule has 1 aromatic carbocycles. The molecule has 0 spiro atoms. The van der Waals surface area contributed by atoms with Crippen LogP contribution in [-0.4, -0.2) is 21.9 Å². The van der Waals surface area contributed by atoms with Crippen LogP contribution in [0.2, 0.25) is 0 Å². The summed E-state index contributed by atoms with van der Waals surface area (Å²) in [7, 11) is 1.64. The number of nitrogens with two attached hydrogens (primary N) is 1. The van der Waals surface area contributed by atoms with E-state index in [2.05, 4.69) is 10.2 Å². The second-order valence-electron chi connectivity index (χ2n) is 4.91. The van der Waals surface area contributed by atoms with Crippen LogP contribution in [0, 0.1) is 0 Å². The van der Waals surface area contributed by atoms with E-state index in [4.69, 9.17) is 10.5 Å². The van der Waals surface area contributed by atoms with Gasteiger partial charge in [-0.15, -0.1) is 5.10 Å². The molecule has 114 valence electrons.